The summed E-state index contributed by atoms with van der Waals surface area (Å²) < 4.78 is 10.4. The minimum atomic E-state index is -1.06. The molecule has 0 aliphatic heterocycles. The Morgan fingerprint density at radius 1 is 1.29 bits per heavy atom. The van der Waals surface area contributed by atoms with Gasteiger partial charge in [-0.05, 0) is 24.6 Å². The quantitative estimate of drug-likeness (QED) is 0.792. The van der Waals surface area contributed by atoms with Crippen molar-refractivity contribution in [2.75, 3.05) is 20.8 Å². The number of ether oxygens (including phenoxy) is 2. The van der Waals surface area contributed by atoms with E-state index in [4.69, 9.17) is 15.2 Å². The highest BCUT2D eigenvalue weighted by molar-refractivity contribution is 5.44. The van der Waals surface area contributed by atoms with E-state index in [1.807, 2.05) is 6.92 Å². The summed E-state index contributed by atoms with van der Waals surface area (Å²) in [5.74, 6) is 1.32. The molecule has 0 aliphatic rings. The fraction of sp³-hybridized carbons (Fsp3) is 0.538. The van der Waals surface area contributed by atoms with Gasteiger partial charge in [0.25, 0.3) is 0 Å². The van der Waals surface area contributed by atoms with E-state index < -0.39 is 5.60 Å². The third-order valence-corrected chi connectivity index (χ3v) is 2.91. The van der Waals surface area contributed by atoms with Crippen molar-refractivity contribution in [1.29, 1.82) is 0 Å². The van der Waals surface area contributed by atoms with Gasteiger partial charge in [-0.3, -0.25) is 0 Å². The molecule has 0 amide bonds. The monoisotopic (exact) mass is 239 g/mol. The molecule has 1 aromatic rings. The largest absolute Gasteiger partial charge is 0.497 e. The molecule has 0 saturated heterocycles. The predicted octanol–water partition coefficient (Wildman–Crippen LogP) is 1.65. The Kier molecular flexibility index (Phi) is 4.78. The second-order valence-electron chi connectivity index (χ2n) is 4.05. The molecule has 1 atom stereocenters. The highest BCUT2D eigenvalue weighted by Crippen LogP contribution is 2.35. The fourth-order valence-corrected chi connectivity index (χ4v) is 1.94. The average molecular weight is 239 g/mol. The van der Waals surface area contributed by atoms with Gasteiger partial charge in [0.2, 0.25) is 0 Å². The third-order valence-electron chi connectivity index (χ3n) is 2.91. The molecule has 1 rings (SSSR count). The molecule has 3 N–H and O–H groups in total. The molecule has 4 heteroatoms. The average Bonchev–Trinajstić information content (AvgIpc) is 2.38. The summed E-state index contributed by atoms with van der Waals surface area (Å²) >= 11 is 0. The Hall–Kier alpha value is -1.26. The van der Waals surface area contributed by atoms with Gasteiger partial charge >= 0.3 is 0 Å². The smallest absolute Gasteiger partial charge is 0.125 e. The van der Waals surface area contributed by atoms with Crippen LogP contribution in [0, 0.1) is 0 Å². The van der Waals surface area contributed by atoms with Gasteiger partial charge in [-0.15, -0.1) is 0 Å². The molecular weight excluding hydrogens is 218 g/mol. The van der Waals surface area contributed by atoms with Gasteiger partial charge in [0.15, 0.2) is 0 Å². The Bertz CT molecular complexity index is 368. The van der Waals surface area contributed by atoms with Crippen molar-refractivity contribution in [3.8, 4) is 11.5 Å². The van der Waals surface area contributed by atoms with Gasteiger partial charge in [-0.2, -0.15) is 0 Å². The summed E-state index contributed by atoms with van der Waals surface area (Å²) in [7, 11) is 3.17. The number of hydrogen-bond acceptors (Lipinski definition) is 4. The Balaban J connectivity index is 3.24. The van der Waals surface area contributed by atoms with Crippen LogP contribution in [-0.4, -0.2) is 25.9 Å². The van der Waals surface area contributed by atoms with Crippen molar-refractivity contribution in [1.82, 2.24) is 0 Å². The van der Waals surface area contributed by atoms with E-state index in [0.717, 1.165) is 6.42 Å². The SMILES string of the molecule is CCCC(O)(CN)c1cc(OC)ccc1OC. The molecule has 0 fully saturated rings. The van der Waals surface area contributed by atoms with Crippen LogP contribution < -0.4 is 15.2 Å². The number of rotatable bonds is 6. The Labute approximate surface area is 102 Å². The number of benzene rings is 1. The highest BCUT2D eigenvalue weighted by Gasteiger charge is 2.30. The van der Waals surface area contributed by atoms with Crippen molar-refractivity contribution in [3.63, 3.8) is 0 Å². The van der Waals surface area contributed by atoms with E-state index in [1.165, 1.54) is 0 Å². The Morgan fingerprint density at radius 3 is 2.47 bits per heavy atom. The minimum Gasteiger partial charge on any atom is -0.497 e. The van der Waals surface area contributed by atoms with Crippen LogP contribution in [0.3, 0.4) is 0 Å². The maximum absolute atomic E-state index is 10.6. The summed E-state index contributed by atoms with van der Waals surface area (Å²) in [6.45, 7) is 2.16. The number of hydrogen-bond donors (Lipinski definition) is 2. The summed E-state index contributed by atoms with van der Waals surface area (Å²) in [5, 5.41) is 10.6. The molecule has 1 aromatic carbocycles. The number of nitrogens with two attached hydrogens (primary N) is 1. The first-order valence-corrected chi connectivity index (χ1v) is 5.76. The zero-order chi connectivity index (χ0) is 12.9. The van der Waals surface area contributed by atoms with Crippen molar-refractivity contribution >= 4 is 0 Å². The van der Waals surface area contributed by atoms with Crippen LogP contribution in [-0.2, 0) is 5.60 Å². The van der Waals surface area contributed by atoms with Crippen LogP contribution in [0.1, 0.15) is 25.3 Å². The maximum Gasteiger partial charge on any atom is 0.125 e. The van der Waals surface area contributed by atoms with E-state index in [2.05, 4.69) is 0 Å². The molecule has 0 aromatic heterocycles. The third kappa shape index (κ3) is 2.90. The first-order chi connectivity index (χ1) is 8.11. The van der Waals surface area contributed by atoms with Crippen LogP contribution in [0.25, 0.3) is 0 Å². The van der Waals surface area contributed by atoms with E-state index in [-0.39, 0.29) is 6.54 Å². The first kappa shape index (κ1) is 13.8. The molecule has 0 spiro atoms. The summed E-state index contributed by atoms with van der Waals surface area (Å²) in [6.07, 6.45) is 1.43. The van der Waals surface area contributed by atoms with Crippen molar-refractivity contribution in [2.45, 2.75) is 25.4 Å². The zero-order valence-electron chi connectivity index (χ0n) is 10.7. The lowest BCUT2D eigenvalue weighted by atomic mass is 9.88. The second kappa shape index (κ2) is 5.89. The lowest BCUT2D eigenvalue weighted by molar-refractivity contribution is 0.0333. The van der Waals surface area contributed by atoms with Gasteiger partial charge in [-0.25, -0.2) is 0 Å². The van der Waals surface area contributed by atoms with E-state index in [1.54, 1.807) is 32.4 Å². The van der Waals surface area contributed by atoms with Gasteiger partial charge in [0.1, 0.15) is 17.1 Å². The molecule has 0 radical (unpaired) electrons. The van der Waals surface area contributed by atoms with Crippen molar-refractivity contribution in [3.05, 3.63) is 23.8 Å². The molecular formula is C13H21NO3. The van der Waals surface area contributed by atoms with Crippen molar-refractivity contribution in [2.24, 2.45) is 5.73 Å². The molecule has 17 heavy (non-hydrogen) atoms. The topological polar surface area (TPSA) is 64.7 Å². The van der Waals surface area contributed by atoms with E-state index >= 15 is 0 Å². The lowest BCUT2D eigenvalue weighted by Gasteiger charge is -2.28. The molecule has 4 nitrogen and oxygen atoms in total. The van der Waals surface area contributed by atoms with Crippen LogP contribution in [0.5, 0.6) is 11.5 Å². The first-order valence-electron chi connectivity index (χ1n) is 5.76. The fourth-order valence-electron chi connectivity index (χ4n) is 1.94. The molecule has 0 heterocycles. The summed E-state index contributed by atoms with van der Waals surface area (Å²) in [4.78, 5) is 0. The van der Waals surface area contributed by atoms with Crippen molar-refractivity contribution < 1.29 is 14.6 Å². The van der Waals surface area contributed by atoms with Crippen LogP contribution in [0.15, 0.2) is 18.2 Å². The normalized spacial score (nSPS) is 14.2. The Morgan fingerprint density at radius 2 is 2.00 bits per heavy atom. The molecule has 0 aliphatic carbocycles. The second-order valence-corrected chi connectivity index (χ2v) is 4.05. The maximum atomic E-state index is 10.6. The summed E-state index contributed by atoms with van der Waals surface area (Å²) in [5.41, 5.74) is 5.32. The van der Waals surface area contributed by atoms with Gasteiger partial charge in [-0.1, -0.05) is 13.3 Å². The van der Waals surface area contributed by atoms with Crippen LogP contribution >= 0.6 is 0 Å². The number of aliphatic hydroxyl groups is 1. The zero-order valence-corrected chi connectivity index (χ0v) is 10.7. The highest BCUT2D eigenvalue weighted by atomic mass is 16.5. The van der Waals surface area contributed by atoms with E-state index in [9.17, 15) is 5.11 Å². The standard InChI is InChI=1S/C13H21NO3/c1-4-7-13(15,9-14)11-8-10(16-2)5-6-12(11)17-3/h5-6,8,15H,4,7,9,14H2,1-3H3. The lowest BCUT2D eigenvalue weighted by Crippen LogP contribution is -2.35. The van der Waals surface area contributed by atoms with Gasteiger partial charge in [0.05, 0.1) is 14.2 Å². The van der Waals surface area contributed by atoms with E-state index in [0.29, 0.717) is 23.5 Å². The molecule has 96 valence electrons. The van der Waals surface area contributed by atoms with Crippen LogP contribution in [0.2, 0.25) is 0 Å². The van der Waals surface area contributed by atoms with Gasteiger partial charge < -0.3 is 20.3 Å². The molecule has 1 unspecified atom stereocenters. The minimum absolute atomic E-state index is 0.157. The summed E-state index contributed by atoms with van der Waals surface area (Å²) in [6, 6.07) is 5.36. The molecule has 0 bridgehead atoms. The number of methoxy groups -OCH3 is 2. The molecule has 0 saturated carbocycles. The predicted molar refractivity (Wildman–Crippen MR) is 67.4 cm³/mol. The van der Waals surface area contributed by atoms with Gasteiger partial charge in [0, 0.05) is 12.1 Å². The van der Waals surface area contributed by atoms with Crippen LogP contribution in [0.4, 0.5) is 0 Å².